The Kier molecular flexibility index (Phi) is 12.1. The fourth-order valence-corrected chi connectivity index (χ4v) is 3.70. The van der Waals surface area contributed by atoms with Crippen LogP contribution in [0.1, 0.15) is 61.8 Å². The van der Waals surface area contributed by atoms with Crippen LogP contribution in [0.5, 0.6) is 0 Å². The third kappa shape index (κ3) is 11.0. The van der Waals surface area contributed by atoms with E-state index in [0.29, 0.717) is 29.7 Å². The highest BCUT2D eigenvalue weighted by molar-refractivity contribution is 6.05. The molecule has 2 rings (SSSR count). The topological polar surface area (TPSA) is 135 Å². The van der Waals surface area contributed by atoms with Gasteiger partial charge in [0.05, 0.1) is 25.4 Å². The number of hydrogen-bond acceptors (Lipinski definition) is 9. The second-order valence-corrected chi connectivity index (χ2v) is 11.2. The van der Waals surface area contributed by atoms with Crippen LogP contribution in [0.25, 0.3) is 0 Å². The SMILES string of the molecule is C=C1CCO/C1=C/C=C(\C)C(=O)N(CC(O)[C@H](CNC(=O)OC(C)(C)C)OC(C)C)c1ccnc(NC(C)C)n1. The number of aliphatic hydroxyl groups is 1. The first kappa shape index (κ1) is 32.8. The molecule has 2 atom stereocenters. The Labute approximate surface area is 237 Å². The summed E-state index contributed by atoms with van der Waals surface area (Å²) in [6, 6.07) is 1.67. The van der Waals surface area contributed by atoms with Gasteiger partial charge in [0.15, 0.2) is 0 Å². The van der Waals surface area contributed by atoms with E-state index in [9.17, 15) is 14.7 Å². The van der Waals surface area contributed by atoms with Gasteiger partial charge < -0.3 is 30.0 Å². The number of hydrogen-bond donors (Lipinski definition) is 3. The highest BCUT2D eigenvalue weighted by Crippen LogP contribution is 2.23. The minimum Gasteiger partial charge on any atom is -0.493 e. The summed E-state index contributed by atoms with van der Waals surface area (Å²) in [5, 5.41) is 17.1. The van der Waals surface area contributed by atoms with Crippen LogP contribution in [-0.4, -0.2) is 76.7 Å². The number of nitrogens with zero attached hydrogens (tertiary/aromatic N) is 3. The summed E-state index contributed by atoms with van der Waals surface area (Å²) in [6.45, 7) is 18.9. The molecule has 2 amide bonds. The van der Waals surface area contributed by atoms with Crippen molar-refractivity contribution in [1.29, 1.82) is 0 Å². The number of anilines is 2. The molecule has 1 aromatic heterocycles. The number of rotatable bonds is 12. The lowest BCUT2D eigenvalue weighted by Gasteiger charge is -2.31. The maximum absolute atomic E-state index is 13.7. The first-order valence-electron chi connectivity index (χ1n) is 13.6. The van der Waals surface area contributed by atoms with E-state index in [0.717, 1.165) is 12.0 Å². The van der Waals surface area contributed by atoms with Crippen LogP contribution in [-0.2, 0) is 19.0 Å². The van der Waals surface area contributed by atoms with Crippen LogP contribution in [0.3, 0.4) is 0 Å². The van der Waals surface area contributed by atoms with E-state index >= 15 is 0 Å². The first-order valence-corrected chi connectivity index (χ1v) is 13.6. The molecule has 1 fully saturated rings. The molecule has 0 aromatic carbocycles. The van der Waals surface area contributed by atoms with Crippen molar-refractivity contribution in [2.45, 2.75) is 91.8 Å². The van der Waals surface area contributed by atoms with Crippen LogP contribution in [0.2, 0.25) is 0 Å². The monoisotopic (exact) mass is 559 g/mol. The van der Waals surface area contributed by atoms with Crippen LogP contribution in [0.15, 0.2) is 47.9 Å². The maximum Gasteiger partial charge on any atom is 0.407 e. The van der Waals surface area contributed by atoms with Crippen molar-refractivity contribution in [3.63, 3.8) is 0 Å². The van der Waals surface area contributed by atoms with Crippen molar-refractivity contribution in [1.82, 2.24) is 15.3 Å². The van der Waals surface area contributed by atoms with Crippen molar-refractivity contribution in [3.8, 4) is 0 Å². The number of amides is 2. The standard InChI is InChI=1S/C29H45N5O6/c1-18(2)32-27-30-14-12-25(33-27)34(26(36)21(6)10-11-23-20(5)13-15-38-23)17-22(35)24(39-19(3)4)16-31-28(37)40-29(7,8)9/h10-12,14,18-19,22,24,35H,5,13,15-17H2,1-4,6-9H3,(H,31,37)(H,30,32,33)/b21-10+,23-11+/t22?,24-/m0/s1. The number of aromatic nitrogens is 2. The van der Waals surface area contributed by atoms with Gasteiger partial charge in [0.2, 0.25) is 5.95 Å². The van der Waals surface area contributed by atoms with Crippen LogP contribution in [0, 0.1) is 0 Å². The van der Waals surface area contributed by atoms with Gasteiger partial charge in [0.25, 0.3) is 5.91 Å². The zero-order chi connectivity index (χ0) is 30.0. The van der Waals surface area contributed by atoms with Crippen LogP contribution >= 0.6 is 0 Å². The molecule has 2 heterocycles. The summed E-state index contributed by atoms with van der Waals surface area (Å²) in [5.41, 5.74) is 0.591. The lowest BCUT2D eigenvalue weighted by molar-refractivity contribution is -0.116. The largest absolute Gasteiger partial charge is 0.493 e. The van der Waals surface area contributed by atoms with Gasteiger partial charge in [0.1, 0.15) is 23.3 Å². The van der Waals surface area contributed by atoms with Crippen molar-refractivity contribution < 1.29 is 28.9 Å². The molecular formula is C29H45N5O6. The van der Waals surface area contributed by atoms with E-state index in [2.05, 4.69) is 27.2 Å². The molecule has 0 spiro atoms. The average Bonchev–Trinajstić information content (AvgIpc) is 3.26. The lowest BCUT2D eigenvalue weighted by Crippen LogP contribution is -2.49. The second-order valence-electron chi connectivity index (χ2n) is 11.2. The van der Waals surface area contributed by atoms with E-state index in [4.69, 9.17) is 14.2 Å². The Bertz CT molecular complexity index is 1090. The van der Waals surface area contributed by atoms with Gasteiger partial charge >= 0.3 is 6.09 Å². The molecule has 222 valence electrons. The van der Waals surface area contributed by atoms with E-state index < -0.39 is 23.9 Å². The first-order chi connectivity index (χ1) is 18.7. The number of carbonyl (C=O) groups excluding carboxylic acids is 2. The van der Waals surface area contributed by atoms with Crippen molar-refractivity contribution >= 4 is 23.8 Å². The third-order valence-electron chi connectivity index (χ3n) is 5.50. The normalized spacial score (nSPS) is 16.6. The Balaban J connectivity index is 2.34. The van der Waals surface area contributed by atoms with Crippen LogP contribution in [0.4, 0.5) is 16.6 Å². The highest BCUT2D eigenvalue weighted by atomic mass is 16.6. The minimum absolute atomic E-state index is 0.0272. The quantitative estimate of drug-likeness (QED) is 0.323. The van der Waals surface area contributed by atoms with Gasteiger partial charge in [-0.2, -0.15) is 4.98 Å². The molecule has 3 N–H and O–H groups in total. The van der Waals surface area contributed by atoms with E-state index in [1.54, 1.807) is 52.1 Å². The van der Waals surface area contributed by atoms with Crippen molar-refractivity contribution in [2.75, 3.05) is 29.9 Å². The summed E-state index contributed by atoms with van der Waals surface area (Å²) in [7, 11) is 0. The average molecular weight is 560 g/mol. The van der Waals surface area contributed by atoms with Gasteiger partial charge in [0, 0.05) is 30.8 Å². The predicted octanol–water partition coefficient (Wildman–Crippen LogP) is 4.12. The Hall–Kier alpha value is -3.44. The number of alkyl carbamates (subject to hydrolysis) is 1. The summed E-state index contributed by atoms with van der Waals surface area (Å²) < 4.78 is 16.8. The Morgan fingerprint density at radius 2 is 1.98 bits per heavy atom. The van der Waals surface area contributed by atoms with Crippen molar-refractivity contribution in [3.05, 3.63) is 47.9 Å². The van der Waals surface area contributed by atoms with E-state index in [1.165, 1.54) is 4.90 Å². The maximum atomic E-state index is 13.7. The minimum atomic E-state index is -1.18. The highest BCUT2D eigenvalue weighted by Gasteiger charge is 2.29. The van der Waals surface area contributed by atoms with Crippen molar-refractivity contribution in [2.24, 2.45) is 0 Å². The van der Waals surface area contributed by atoms with Gasteiger partial charge in [-0.25, -0.2) is 9.78 Å². The van der Waals surface area contributed by atoms with Gasteiger partial charge in [-0.15, -0.1) is 0 Å². The van der Waals surface area contributed by atoms with Gasteiger partial charge in [-0.05, 0) is 73.1 Å². The molecule has 0 bridgehead atoms. The molecule has 40 heavy (non-hydrogen) atoms. The zero-order valence-corrected chi connectivity index (χ0v) is 25.0. The number of allylic oxidation sites excluding steroid dienone is 3. The summed E-state index contributed by atoms with van der Waals surface area (Å²) >= 11 is 0. The third-order valence-corrected chi connectivity index (χ3v) is 5.50. The van der Waals surface area contributed by atoms with Crippen LogP contribution < -0.4 is 15.5 Å². The number of nitrogens with one attached hydrogen (secondary N) is 2. The predicted molar refractivity (Wildman–Crippen MR) is 155 cm³/mol. The molecule has 1 saturated heterocycles. The van der Waals surface area contributed by atoms with E-state index in [-0.39, 0.29) is 31.1 Å². The molecule has 0 saturated carbocycles. The zero-order valence-electron chi connectivity index (χ0n) is 25.0. The molecule has 0 aliphatic carbocycles. The molecular weight excluding hydrogens is 514 g/mol. The molecule has 11 heteroatoms. The van der Waals surface area contributed by atoms with Gasteiger partial charge in [-0.1, -0.05) is 12.7 Å². The Morgan fingerprint density at radius 3 is 2.55 bits per heavy atom. The Morgan fingerprint density at radius 1 is 1.27 bits per heavy atom. The molecule has 1 aromatic rings. The summed E-state index contributed by atoms with van der Waals surface area (Å²) in [5.74, 6) is 0.910. The lowest BCUT2D eigenvalue weighted by atomic mass is 10.1. The fraction of sp³-hybridized carbons (Fsp3) is 0.586. The molecule has 1 aliphatic heterocycles. The fourth-order valence-electron chi connectivity index (χ4n) is 3.70. The number of carbonyl (C=O) groups is 2. The van der Waals surface area contributed by atoms with Gasteiger partial charge in [-0.3, -0.25) is 9.69 Å². The molecule has 11 nitrogen and oxygen atoms in total. The molecule has 1 unspecified atom stereocenters. The number of ether oxygens (including phenoxy) is 3. The summed E-state index contributed by atoms with van der Waals surface area (Å²) in [6.07, 6.45) is 2.77. The number of aliphatic hydroxyl groups excluding tert-OH is 1. The smallest absolute Gasteiger partial charge is 0.407 e. The second kappa shape index (κ2) is 14.8. The summed E-state index contributed by atoms with van der Waals surface area (Å²) in [4.78, 5) is 36.1. The van der Waals surface area contributed by atoms with E-state index in [1.807, 2.05) is 27.7 Å². The molecule has 1 aliphatic rings. The molecule has 0 radical (unpaired) electrons.